The number of benzene rings is 1. The summed E-state index contributed by atoms with van der Waals surface area (Å²) >= 11 is 0. The average Bonchev–Trinajstić information content (AvgIpc) is 3.58. The second-order valence-electron chi connectivity index (χ2n) is 10.6. The second-order valence-corrected chi connectivity index (χ2v) is 10.6. The number of hydrogen-bond donors (Lipinski definition) is 5. The first-order valence-corrected chi connectivity index (χ1v) is 13.5. The summed E-state index contributed by atoms with van der Waals surface area (Å²) in [5.41, 5.74) is 1.85. The van der Waals surface area contributed by atoms with E-state index in [4.69, 9.17) is 5.11 Å². The summed E-state index contributed by atoms with van der Waals surface area (Å²) in [6.45, 7) is 4.00. The zero-order valence-electron chi connectivity index (χ0n) is 22.7. The van der Waals surface area contributed by atoms with Gasteiger partial charge in [-0.1, -0.05) is 38.8 Å². The monoisotopic (exact) mass is 550 g/mol. The minimum Gasteiger partial charge on any atom is -0.481 e. The molecule has 10 nitrogen and oxygen atoms in total. The Labute approximate surface area is 232 Å². The van der Waals surface area contributed by atoms with Gasteiger partial charge in [0.05, 0.1) is 24.6 Å². The van der Waals surface area contributed by atoms with Crippen molar-refractivity contribution in [2.45, 2.75) is 70.8 Å². The predicted molar refractivity (Wildman–Crippen MR) is 148 cm³/mol. The Bertz CT molecular complexity index is 1350. The Kier molecular flexibility index (Phi) is 9.47. The molecule has 1 unspecified atom stereocenters. The number of carbonyl (C=O) groups is 3. The number of halogens is 1. The van der Waals surface area contributed by atoms with Crippen LogP contribution >= 0.6 is 0 Å². The molecule has 11 heteroatoms. The highest BCUT2D eigenvalue weighted by atomic mass is 19.1. The van der Waals surface area contributed by atoms with Crippen LogP contribution in [0.3, 0.4) is 0 Å². The molecule has 3 aromatic rings. The largest absolute Gasteiger partial charge is 0.481 e. The van der Waals surface area contributed by atoms with Crippen molar-refractivity contribution in [1.29, 1.82) is 0 Å². The molecular formula is C29H35FN6O4. The van der Waals surface area contributed by atoms with Gasteiger partial charge in [0.25, 0.3) is 0 Å². The molecule has 1 fully saturated rings. The predicted octanol–water partition coefficient (Wildman–Crippen LogP) is 5.32. The number of nitrogens with zero attached hydrogens (tertiary/aromatic N) is 2. The van der Waals surface area contributed by atoms with Gasteiger partial charge in [-0.2, -0.15) is 0 Å². The lowest BCUT2D eigenvalue weighted by molar-refractivity contribution is -0.136. The lowest BCUT2D eigenvalue weighted by Crippen LogP contribution is -2.31. The molecule has 212 valence electrons. The van der Waals surface area contributed by atoms with E-state index >= 15 is 0 Å². The standard InChI is InChI=1S/C29H35FN6O4/c1-17(2)12-24(28-32-16-20(33-28)15-26(38)39)34-25(37)14-18-9-10-23(22(30)13-18)35-29(40)36-27-21(8-5-11-31-27)19-6-3-4-7-19/h5,8-11,13,16-17,19,24H,3-4,6-7,12,14-15H2,1-2H3,(H,32,33)(H,34,37)(H,38,39)(H2,31,35,36,40). The molecule has 1 aliphatic carbocycles. The molecule has 5 N–H and O–H groups in total. The summed E-state index contributed by atoms with van der Waals surface area (Å²) < 4.78 is 14.9. The zero-order valence-corrected chi connectivity index (χ0v) is 22.7. The molecule has 0 spiro atoms. The topological polar surface area (TPSA) is 149 Å². The first-order chi connectivity index (χ1) is 19.2. The number of nitrogens with one attached hydrogen (secondary N) is 4. The van der Waals surface area contributed by atoms with Crippen molar-refractivity contribution in [3.8, 4) is 0 Å². The molecule has 40 heavy (non-hydrogen) atoms. The lowest BCUT2D eigenvalue weighted by Gasteiger charge is -2.19. The zero-order chi connectivity index (χ0) is 28.6. The van der Waals surface area contributed by atoms with Gasteiger partial charge < -0.3 is 20.7 Å². The number of anilines is 2. The number of carboxylic acid groups (broad SMARTS) is 1. The van der Waals surface area contributed by atoms with E-state index in [1.165, 1.54) is 18.3 Å². The number of aromatic nitrogens is 3. The fourth-order valence-corrected chi connectivity index (χ4v) is 5.07. The maximum absolute atomic E-state index is 14.9. The summed E-state index contributed by atoms with van der Waals surface area (Å²) in [5.74, 6) is -0.460. The van der Waals surface area contributed by atoms with Crippen molar-refractivity contribution in [3.05, 3.63) is 71.2 Å². The Morgan fingerprint density at radius 2 is 1.88 bits per heavy atom. The van der Waals surface area contributed by atoms with Crippen molar-refractivity contribution < 1.29 is 23.9 Å². The van der Waals surface area contributed by atoms with Gasteiger partial charge in [0, 0.05) is 18.1 Å². The fraction of sp³-hybridized carbons (Fsp3) is 0.414. The molecule has 2 aromatic heterocycles. The van der Waals surface area contributed by atoms with Crippen LogP contribution < -0.4 is 16.0 Å². The van der Waals surface area contributed by atoms with E-state index in [1.54, 1.807) is 12.3 Å². The van der Waals surface area contributed by atoms with Crippen LogP contribution in [-0.4, -0.2) is 38.0 Å². The third-order valence-corrected chi connectivity index (χ3v) is 6.87. The van der Waals surface area contributed by atoms with Gasteiger partial charge in [-0.25, -0.2) is 19.2 Å². The first-order valence-electron chi connectivity index (χ1n) is 13.5. The summed E-state index contributed by atoms with van der Waals surface area (Å²) in [6, 6.07) is 6.98. The van der Waals surface area contributed by atoms with E-state index in [0.29, 0.717) is 35.2 Å². The van der Waals surface area contributed by atoms with Gasteiger partial charge in [0.15, 0.2) is 0 Å². The van der Waals surface area contributed by atoms with Gasteiger partial charge in [0.2, 0.25) is 5.91 Å². The molecule has 2 heterocycles. The first kappa shape index (κ1) is 28.7. The SMILES string of the molecule is CC(C)CC(NC(=O)Cc1ccc(NC(=O)Nc2ncccc2C2CCCC2)c(F)c1)c1ncc(CC(=O)O)[nH]1. The van der Waals surface area contributed by atoms with E-state index in [0.717, 1.165) is 31.2 Å². The molecule has 0 aliphatic heterocycles. The van der Waals surface area contributed by atoms with Crippen LogP contribution in [0, 0.1) is 11.7 Å². The molecule has 4 rings (SSSR count). The van der Waals surface area contributed by atoms with Crippen LogP contribution in [0.5, 0.6) is 0 Å². The maximum Gasteiger partial charge on any atom is 0.324 e. The maximum atomic E-state index is 14.9. The molecule has 3 amide bonds. The minimum atomic E-state index is -0.984. The van der Waals surface area contributed by atoms with Gasteiger partial charge in [-0.05, 0) is 60.4 Å². The van der Waals surface area contributed by atoms with Crippen LogP contribution in [-0.2, 0) is 22.4 Å². The number of rotatable bonds is 11. The highest BCUT2D eigenvalue weighted by Gasteiger charge is 2.22. The second kappa shape index (κ2) is 13.2. The highest BCUT2D eigenvalue weighted by molar-refractivity contribution is 5.99. The molecule has 1 atom stereocenters. The Hall–Kier alpha value is -4.28. The average molecular weight is 551 g/mol. The highest BCUT2D eigenvalue weighted by Crippen LogP contribution is 2.36. The number of hydrogen-bond acceptors (Lipinski definition) is 5. The van der Waals surface area contributed by atoms with Crippen LogP contribution in [0.4, 0.5) is 20.7 Å². The third-order valence-electron chi connectivity index (χ3n) is 6.87. The number of H-pyrrole nitrogens is 1. The molecule has 1 saturated carbocycles. The van der Waals surface area contributed by atoms with Gasteiger partial charge in [0.1, 0.15) is 17.5 Å². The molecule has 1 aromatic carbocycles. The van der Waals surface area contributed by atoms with E-state index in [-0.39, 0.29) is 30.4 Å². The minimum absolute atomic E-state index is 0.0146. The van der Waals surface area contributed by atoms with Crippen molar-refractivity contribution in [3.63, 3.8) is 0 Å². The summed E-state index contributed by atoms with van der Waals surface area (Å²) in [5, 5.41) is 17.2. The number of carbonyl (C=O) groups excluding carboxylic acids is 2. The number of amides is 3. The lowest BCUT2D eigenvalue weighted by atomic mass is 9.98. The van der Waals surface area contributed by atoms with E-state index < -0.39 is 23.9 Å². The van der Waals surface area contributed by atoms with Crippen LogP contribution in [0.15, 0.2) is 42.7 Å². The summed E-state index contributed by atoms with van der Waals surface area (Å²) in [7, 11) is 0. The molecule has 0 radical (unpaired) electrons. The number of aliphatic carboxylic acids is 1. The molecule has 0 saturated heterocycles. The number of urea groups is 1. The summed E-state index contributed by atoms with van der Waals surface area (Å²) in [4.78, 5) is 48.0. The van der Waals surface area contributed by atoms with Crippen LogP contribution in [0.2, 0.25) is 0 Å². The molecule has 0 bridgehead atoms. The summed E-state index contributed by atoms with van der Waals surface area (Å²) in [6.07, 6.45) is 7.76. The van der Waals surface area contributed by atoms with Gasteiger partial charge in [-0.15, -0.1) is 0 Å². The van der Waals surface area contributed by atoms with Crippen molar-refractivity contribution in [1.82, 2.24) is 20.3 Å². The smallest absolute Gasteiger partial charge is 0.324 e. The fourth-order valence-electron chi connectivity index (χ4n) is 5.07. The molecular weight excluding hydrogens is 515 g/mol. The van der Waals surface area contributed by atoms with E-state index in [9.17, 15) is 18.8 Å². The van der Waals surface area contributed by atoms with Crippen molar-refractivity contribution in [2.24, 2.45) is 5.92 Å². The van der Waals surface area contributed by atoms with Gasteiger partial charge >= 0.3 is 12.0 Å². The normalized spacial score (nSPS) is 14.2. The van der Waals surface area contributed by atoms with Crippen LogP contribution in [0.25, 0.3) is 0 Å². The van der Waals surface area contributed by atoms with E-state index in [2.05, 4.69) is 30.9 Å². The number of pyridine rings is 1. The van der Waals surface area contributed by atoms with Gasteiger partial charge in [-0.3, -0.25) is 14.9 Å². The number of aromatic amines is 1. The van der Waals surface area contributed by atoms with Crippen molar-refractivity contribution in [2.75, 3.05) is 10.6 Å². The number of imidazole rings is 1. The van der Waals surface area contributed by atoms with Crippen LogP contribution in [0.1, 0.15) is 80.6 Å². The molecule has 1 aliphatic rings. The quantitative estimate of drug-likeness (QED) is 0.218. The Balaban J connectivity index is 1.36. The van der Waals surface area contributed by atoms with Crippen molar-refractivity contribution >= 4 is 29.4 Å². The Morgan fingerprint density at radius 1 is 1.10 bits per heavy atom. The van der Waals surface area contributed by atoms with E-state index in [1.807, 2.05) is 26.0 Å². The Morgan fingerprint density at radius 3 is 2.58 bits per heavy atom. The third kappa shape index (κ3) is 7.87. The number of carboxylic acids is 1.